The summed E-state index contributed by atoms with van der Waals surface area (Å²) in [7, 11) is 4.27. The van der Waals surface area contributed by atoms with Gasteiger partial charge in [-0.25, -0.2) is 9.97 Å². The molecule has 3 aromatic heterocycles. The third-order valence-electron chi connectivity index (χ3n) is 8.24. The van der Waals surface area contributed by atoms with Gasteiger partial charge >= 0.3 is 0 Å². The molecule has 0 aliphatic carbocycles. The van der Waals surface area contributed by atoms with Gasteiger partial charge in [0.2, 0.25) is 0 Å². The van der Waals surface area contributed by atoms with Crippen LogP contribution in [0.1, 0.15) is 57.2 Å². The van der Waals surface area contributed by atoms with Crippen LogP contribution in [0.25, 0.3) is 33.5 Å². The summed E-state index contributed by atoms with van der Waals surface area (Å²) < 4.78 is 7.61. The summed E-state index contributed by atoms with van der Waals surface area (Å²) in [6.45, 7) is 7.28. The zero-order valence-corrected chi connectivity index (χ0v) is 22.3. The van der Waals surface area contributed by atoms with Crippen molar-refractivity contribution in [2.75, 3.05) is 38.8 Å². The normalized spacial score (nSPS) is 19.8. The van der Waals surface area contributed by atoms with Crippen LogP contribution in [0.2, 0.25) is 0 Å². The molecular weight excluding hydrogens is 462 g/mol. The highest BCUT2D eigenvalue weighted by Crippen LogP contribution is 2.35. The van der Waals surface area contributed by atoms with E-state index in [1.807, 2.05) is 18.6 Å². The number of aromatic nitrogens is 5. The van der Waals surface area contributed by atoms with E-state index in [-0.39, 0.29) is 0 Å². The van der Waals surface area contributed by atoms with Gasteiger partial charge in [-0.3, -0.25) is 4.68 Å². The van der Waals surface area contributed by atoms with Crippen molar-refractivity contribution in [1.29, 1.82) is 0 Å². The van der Waals surface area contributed by atoms with Crippen LogP contribution in [0.5, 0.6) is 0 Å². The number of benzene rings is 1. The second-order valence-corrected chi connectivity index (χ2v) is 10.8. The van der Waals surface area contributed by atoms with E-state index in [4.69, 9.17) is 14.7 Å². The van der Waals surface area contributed by atoms with Crippen LogP contribution in [-0.2, 0) is 4.74 Å². The topological polar surface area (TPSA) is 75.1 Å². The number of fused-ring (bicyclic) bond motifs is 1. The highest BCUT2D eigenvalue weighted by molar-refractivity contribution is 5.91. The summed E-state index contributed by atoms with van der Waals surface area (Å²) in [5.41, 5.74) is 8.35. The predicted octanol–water partition coefficient (Wildman–Crippen LogP) is 5.45. The van der Waals surface area contributed by atoms with Crippen molar-refractivity contribution in [2.24, 2.45) is 0 Å². The van der Waals surface area contributed by atoms with Crippen LogP contribution in [0.15, 0.2) is 43.0 Å². The van der Waals surface area contributed by atoms with Gasteiger partial charge in [-0.2, -0.15) is 5.10 Å². The minimum Gasteiger partial charge on any atom is -0.381 e. The van der Waals surface area contributed by atoms with E-state index in [1.54, 1.807) is 0 Å². The second kappa shape index (κ2) is 9.91. The molecule has 0 saturated carbocycles. The van der Waals surface area contributed by atoms with Gasteiger partial charge in [-0.1, -0.05) is 0 Å². The molecule has 6 rings (SSSR count). The molecule has 0 spiro atoms. The molecule has 5 heterocycles. The molecule has 1 N–H and O–H groups in total. The third kappa shape index (κ3) is 4.64. The van der Waals surface area contributed by atoms with Gasteiger partial charge in [-0.15, -0.1) is 0 Å². The number of ether oxygens (including phenoxy) is 1. The monoisotopic (exact) mass is 499 g/mol. The first-order chi connectivity index (χ1) is 18.0. The van der Waals surface area contributed by atoms with Gasteiger partial charge in [0.05, 0.1) is 24.1 Å². The number of aromatic amines is 1. The maximum Gasteiger partial charge on any atom is 0.156 e. The van der Waals surface area contributed by atoms with Gasteiger partial charge in [0, 0.05) is 66.6 Å². The lowest BCUT2D eigenvalue weighted by Gasteiger charge is -2.27. The number of nitrogens with zero attached hydrogens (tertiary/aromatic N) is 6. The second-order valence-electron chi connectivity index (χ2n) is 10.8. The summed E-state index contributed by atoms with van der Waals surface area (Å²) in [5.74, 6) is 0. The minimum absolute atomic E-state index is 0.298. The number of rotatable bonds is 6. The van der Waals surface area contributed by atoms with E-state index in [9.17, 15) is 0 Å². The zero-order chi connectivity index (χ0) is 25.5. The van der Waals surface area contributed by atoms with Crippen molar-refractivity contribution in [2.45, 2.75) is 57.7 Å². The van der Waals surface area contributed by atoms with Crippen molar-refractivity contribution < 1.29 is 4.74 Å². The van der Waals surface area contributed by atoms with Crippen LogP contribution in [-0.4, -0.2) is 69.5 Å². The fourth-order valence-corrected chi connectivity index (χ4v) is 5.68. The third-order valence-corrected chi connectivity index (χ3v) is 8.24. The quantitative estimate of drug-likeness (QED) is 0.380. The summed E-state index contributed by atoms with van der Waals surface area (Å²) >= 11 is 0. The predicted molar refractivity (Wildman–Crippen MR) is 148 cm³/mol. The minimum atomic E-state index is 0.298. The van der Waals surface area contributed by atoms with Crippen LogP contribution in [0, 0.1) is 0 Å². The molecule has 0 bridgehead atoms. The lowest BCUT2D eigenvalue weighted by Crippen LogP contribution is -2.26. The molecule has 2 aliphatic rings. The number of hydrogen-bond acceptors (Lipinski definition) is 6. The summed E-state index contributed by atoms with van der Waals surface area (Å²) in [5, 5.41) is 4.68. The molecule has 0 radical (unpaired) electrons. The smallest absolute Gasteiger partial charge is 0.156 e. The van der Waals surface area contributed by atoms with E-state index in [0.29, 0.717) is 18.1 Å². The number of hydrogen-bond donors (Lipinski definition) is 1. The molecule has 194 valence electrons. The molecule has 4 aromatic rings. The fourth-order valence-electron chi connectivity index (χ4n) is 5.68. The Bertz CT molecular complexity index is 1380. The van der Waals surface area contributed by atoms with Crippen molar-refractivity contribution in [1.82, 2.24) is 29.6 Å². The molecule has 1 aromatic carbocycles. The molecule has 2 saturated heterocycles. The van der Waals surface area contributed by atoms with Crippen molar-refractivity contribution in [3.05, 3.63) is 48.5 Å². The van der Waals surface area contributed by atoms with E-state index in [1.165, 1.54) is 24.1 Å². The molecule has 2 aliphatic heterocycles. The van der Waals surface area contributed by atoms with Crippen LogP contribution in [0.3, 0.4) is 0 Å². The van der Waals surface area contributed by atoms with E-state index in [2.05, 4.69) is 76.9 Å². The van der Waals surface area contributed by atoms with Crippen molar-refractivity contribution >= 4 is 16.9 Å². The summed E-state index contributed by atoms with van der Waals surface area (Å²) in [6, 6.07) is 8.16. The van der Waals surface area contributed by atoms with Gasteiger partial charge in [0.25, 0.3) is 0 Å². The maximum atomic E-state index is 5.53. The molecule has 2 fully saturated rings. The van der Waals surface area contributed by atoms with E-state index >= 15 is 0 Å². The Morgan fingerprint density at radius 1 is 1.08 bits per heavy atom. The molecule has 37 heavy (non-hydrogen) atoms. The highest BCUT2D eigenvalue weighted by atomic mass is 16.5. The summed E-state index contributed by atoms with van der Waals surface area (Å²) in [4.78, 5) is 18.0. The fraction of sp³-hybridized carbons (Fsp3) is 0.483. The SMILES string of the molecule is CC(c1cc(-c2cnc3[nH]cc(-c4cnn(C5CCOCC5)c4)c3n2)cc(N2CCC[C@H]2C)c1)N(C)C. The molecule has 0 amide bonds. The Kier molecular flexibility index (Phi) is 6.46. The van der Waals surface area contributed by atoms with Crippen LogP contribution >= 0.6 is 0 Å². The molecule has 8 nitrogen and oxygen atoms in total. The Labute approximate surface area is 218 Å². The van der Waals surface area contributed by atoms with Gasteiger partial charge in [-0.05, 0) is 77.4 Å². The highest BCUT2D eigenvalue weighted by Gasteiger charge is 2.23. The number of nitrogens with one attached hydrogen (secondary N) is 1. The average Bonchev–Trinajstić information content (AvgIpc) is 3.67. The first-order valence-electron chi connectivity index (χ1n) is 13.5. The maximum absolute atomic E-state index is 5.53. The molecule has 2 atom stereocenters. The Morgan fingerprint density at radius 3 is 2.68 bits per heavy atom. The zero-order valence-electron chi connectivity index (χ0n) is 22.3. The first-order valence-corrected chi connectivity index (χ1v) is 13.5. The van der Waals surface area contributed by atoms with Crippen molar-refractivity contribution in [3.63, 3.8) is 0 Å². The van der Waals surface area contributed by atoms with Crippen LogP contribution < -0.4 is 4.90 Å². The van der Waals surface area contributed by atoms with Gasteiger partial charge in [0.15, 0.2) is 5.65 Å². The first kappa shape index (κ1) is 24.1. The number of H-pyrrole nitrogens is 1. The van der Waals surface area contributed by atoms with E-state index < -0.39 is 0 Å². The van der Waals surface area contributed by atoms with Crippen molar-refractivity contribution in [3.8, 4) is 22.4 Å². The molecule has 8 heteroatoms. The van der Waals surface area contributed by atoms with E-state index in [0.717, 1.165) is 66.1 Å². The largest absolute Gasteiger partial charge is 0.381 e. The molecule has 1 unspecified atom stereocenters. The van der Waals surface area contributed by atoms with Gasteiger partial charge in [0.1, 0.15) is 5.52 Å². The molecular formula is C29H37N7O. The lowest BCUT2D eigenvalue weighted by molar-refractivity contribution is 0.0662. The Hall–Kier alpha value is -3.23. The lowest BCUT2D eigenvalue weighted by atomic mass is 10.0. The van der Waals surface area contributed by atoms with Crippen LogP contribution in [0.4, 0.5) is 5.69 Å². The average molecular weight is 500 g/mol. The Morgan fingerprint density at radius 2 is 1.92 bits per heavy atom. The summed E-state index contributed by atoms with van der Waals surface area (Å²) in [6.07, 6.45) is 12.5. The number of anilines is 1. The van der Waals surface area contributed by atoms with Gasteiger partial charge < -0.3 is 19.5 Å². The standard InChI is InChI=1S/C29H37N7O/c1-19-6-5-9-35(19)25-13-21(20(2)34(3)4)12-22(14-25)27-17-31-29-28(33-27)26(16-30-29)23-15-32-36(18-23)24-7-10-37-11-8-24/h12-20,24H,5-11H2,1-4H3,(H,30,31)/t19-,20?/m1/s1. The Balaban J connectivity index is 1.39.